The topological polar surface area (TPSA) is 218 Å². The van der Waals surface area contributed by atoms with E-state index in [4.69, 9.17) is 64.9 Å². The molecule has 8 N–H and O–H groups in total. The van der Waals surface area contributed by atoms with Gasteiger partial charge in [-0.25, -0.2) is 8.78 Å². The van der Waals surface area contributed by atoms with Crippen LogP contribution in [-0.2, 0) is 34.1 Å². The van der Waals surface area contributed by atoms with E-state index in [9.17, 15) is 23.2 Å². The third kappa shape index (κ3) is 12.6. The summed E-state index contributed by atoms with van der Waals surface area (Å²) in [6, 6.07) is 39.6. The van der Waals surface area contributed by atoms with Crippen molar-refractivity contribution >= 4 is 52.8 Å². The van der Waals surface area contributed by atoms with Gasteiger partial charge < -0.3 is 56.4 Å². The van der Waals surface area contributed by atoms with Gasteiger partial charge in [0.2, 0.25) is 5.91 Å². The number of rotatable bonds is 7. The van der Waals surface area contributed by atoms with Crippen molar-refractivity contribution in [3.05, 3.63) is 223 Å². The first-order valence-electron chi connectivity index (χ1n) is 29.0. The van der Waals surface area contributed by atoms with Gasteiger partial charge in [-0.1, -0.05) is 77.7 Å². The second-order valence-electron chi connectivity index (χ2n) is 22.8. The van der Waals surface area contributed by atoms with E-state index in [-0.39, 0.29) is 58.0 Å². The standard InChI is InChI=1S/C26H24N4O3.C22H23FN2O2.C20H19Cl2FN2O2/c27-24(29-28)19-7-10-22-21(16-19)26(17-32-22)12-14-30(15-13-26)25(31)23-11-9-20(33-23)8-6-18-4-2-1-3-5-18;23-19-4-2-1-3-17(19)6-8-21(26)25-11-9-22(10-12-25)15-27-20-7-5-16(14-24)13-18(20)22;21-15-2-1-12(8-16(15)22)19(26)25-5-3-20(4-6-25)11-27-18-9-17(23)13(10-24)7-14(18)20/h1-5,7,9-11,16H,12-15,17,28H2,(H2,27,29);1-8,13H,9-12,14-15,24H2;1-2,7-9H,3-6,10-11,24H2/b;8-6+;. The van der Waals surface area contributed by atoms with E-state index in [1.807, 2.05) is 81.4 Å². The first-order chi connectivity index (χ1) is 42.1. The summed E-state index contributed by atoms with van der Waals surface area (Å²) in [6.07, 6.45) is 7.80. The zero-order valence-electron chi connectivity index (χ0n) is 47.8. The largest absolute Gasteiger partial charge is 0.492 e. The Morgan fingerprint density at radius 1 is 0.575 bits per heavy atom. The number of furan rings is 1. The van der Waals surface area contributed by atoms with Crippen molar-refractivity contribution < 1.29 is 41.8 Å². The van der Waals surface area contributed by atoms with Crippen LogP contribution in [0.3, 0.4) is 0 Å². The number of piperidine rings is 3. The maximum atomic E-state index is 14.0. The molecule has 6 aromatic carbocycles. The number of benzene rings is 6. The Morgan fingerprint density at radius 2 is 1.15 bits per heavy atom. The zero-order chi connectivity index (χ0) is 60.9. The van der Waals surface area contributed by atoms with Gasteiger partial charge in [-0.05, 0) is 135 Å². The second-order valence-corrected chi connectivity index (χ2v) is 23.6. The molecule has 0 bridgehead atoms. The fraction of sp³-hybridized carbons (Fsp3) is 0.294. The first-order valence-corrected chi connectivity index (χ1v) is 29.7. The van der Waals surface area contributed by atoms with E-state index >= 15 is 0 Å². The summed E-state index contributed by atoms with van der Waals surface area (Å²) in [5.74, 6) is 13.9. The molecule has 3 saturated heterocycles. The molecule has 87 heavy (non-hydrogen) atoms. The van der Waals surface area contributed by atoms with Crippen molar-refractivity contribution in [2.24, 2.45) is 28.1 Å². The number of carbonyl (C=O) groups excluding carboxylic acids is 3. The predicted molar refractivity (Wildman–Crippen MR) is 331 cm³/mol. The van der Waals surface area contributed by atoms with Crippen LogP contribution in [0.25, 0.3) is 6.08 Å². The number of hydrogen-bond acceptors (Lipinski definition) is 11. The van der Waals surface area contributed by atoms with Crippen LogP contribution in [-0.4, -0.2) is 97.3 Å². The average Bonchev–Trinajstić information content (AvgIpc) is 1.89. The Labute approximate surface area is 513 Å². The quantitative estimate of drug-likeness (QED) is 0.0294. The minimum atomic E-state index is -0.333. The third-order valence-corrected chi connectivity index (χ3v) is 18.5. The van der Waals surface area contributed by atoms with Crippen LogP contribution in [0.4, 0.5) is 8.78 Å². The van der Waals surface area contributed by atoms with Crippen LogP contribution in [0.1, 0.15) is 110 Å². The lowest BCUT2D eigenvalue weighted by Crippen LogP contribution is -2.46. The van der Waals surface area contributed by atoms with Crippen molar-refractivity contribution in [3.63, 3.8) is 0 Å². The minimum absolute atomic E-state index is 0.0352. The van der Waals surface area contributed by atoms with Gasteiger partial charge in [0.1, 0.15) is 34.7 Å². The molecule has 0 aliphatic carbocycles. The number of amidine groups is 1. The van der Waals surface area contributed by atoms with Crippen LogP contribution in [0.2, 0.25) is 10.0 Å². The van der Waals surface area contributed by atoms with Gasteiger partial charge in [0.15, 0.2) is 11.5 Å². The summed E-state index contributed by atoms with van der Waals surface area (Å²) in [7, 11) is 0. The minimum Gasteiger partial charge on any atom is -0.492 e. The van der Waals surface area contributed by atoms with Crippen molar-refractivity contribution in [1.82, 2.24) is 14.7 Å². The van der Waals surface area contributed by atoms with Crippen molar-refractivity contribution in [2.75, 3.05) is 59.1 Å². The first kappa shape index (κ1) is 60.0. The molecule has 3 spiro atoms. The highest BCUT2D eigenvalue weighted by Gasteiger charge is 2.47. The van der Waals surface area contributed by atoms with E-state index < -0.39 is 0 Å². The van der Waals surface area contributed by atoms with Gasteiger partial charge in [-0.15, -0.1) is 0 Å². The lowest BCUT2D eigenvalue weighted by molar-refractivity contribution is -0.127. The molecule has 19 heteroatoms. The number of nitrogens with two attached hydrogens (primary N) is 4. The molecule has 3 amide bonds. The molecule has 6 aliphatic rings. The monoisotopic (exact) mass is 1210 g/mol. The van der Waals surface area contributed by atoms with Gasteiger partial charge in [0.25, 0.3) is 11.8 Å². The maximum absolute atomic E-state index is 14.0. The van der Waals surface area contributed by atoms with Crippen molar-refractivity contribution in [3.8, 4) is 29.1 Å². The molecule has 7 aromatic rings. The van der Waals surface area contributed by atoms with Crippen LogP contribution >= 0.6 is 23.2 Å². The van der Waals surface area contributed by atoms with Gasteiger partial charge in [0, 0.05) is 125 Å². The molecule has 0 radical (unpaired) electrons. The van der Waals surface area contributed by atoms with Gasteiger partial charge in [-0.2, -0.15) is 5.10 Å². The number of amides is 3. The Morgan fingerprint density at radius 3 is 1.77 bits per heavy atom. The average molecular weight is 1220 g/mol. The molecule has 0 atom stereocenters. The highest BCUT2D eigenvalue weighted by atomic mass is 35.5. The van der Waals surface area contributed by atoms with E-state index in [1.165, 1.54) is 23.8 Å². The van der Waals surface area contributed by atoms with Gasteiger partial charge in [-0.3, -0.25) is 14.4 Å². The van der Waals surface area contributed by atoms with Crippen molar-refractivity contribution in [1.29, 1.82) is 0 Å². The van der Waals surface area contributed by atoms with Gasteiger partial charge in [0.05, 0.1) is 29.9 Å². The fourth-order valence-electron chi connectivity index (χ4n) is 12.4. The van der Waals surface area contributed by atoms with E-state index in [0.717, 1.165) is 77.8 Å². The number of likely N-dealkylation sites (tertiary alicyclic amines) is 3. The molecule has 6 aliphatic heterocycles. The van der Waals surface area contributed by atoms with E-state index in [2.05, 4.69) is 23.0 Å². The number of carbonyl (C=O) groups is 3. The zero-order valence-corrected chi connectivity index (χ0v) is 49.4. The van der Waals surface area contributed by atoms with Crippen molar-refractivity contribution in [2.45, 2.75) is 67.9 Å². The second kappa shape index (κ2) is 25.7. The molecule has 448 valence electrons. The molecule has 7 heterocycles. The number of hydrogen-bond donors (Lipinski definition) is 4. The summed E-state index contributed by atoms with van der Waals surface area (Å²) in [5, 5.41) is 4.39. The van der Waals surface area contributed by atoms with Crippen LogP contribution in [0.15, 0.2) is 149 Å². The summed E-state index contributed by atoms with van der Waals surface area (Å²) >= 11 is 12.0. The van der Waals surface area contributed by atoms with E-state index in [0.29, 0.717) is 110 Å². The van der Waals surface area contributed by atoms with Crippen LogP contribution in [0, 0.1) is 23.5 Å². The Bertz CT molecular complexity index is 3860. The normalized spacial score (nSPS) is 17.4. The fourth-order valence-corrected chi connectivity index (χ4v) is 12.7. The molecule has 3 fully saturated rings. The summed E-state index contributed by atoms with van der Waals surface area (Å²) in [6.45, 7) is 6.14. The molecular formula is C68H66Cl2F2N8O7. The Balaban J connectivity index is 0.000000136. The highest BCUT2D eigenvalue weighted by Crippen LogP contribution is 2.49. The van der Waals surface area contributed by atoms with Crippen LogP contribution in [0.5, 0.6) is 17.2 Å². The number of ether oxygens (including phenoxy) is 3. The smallest absolute Gasteiger partial charge is 0.289 e. The molecule has 0 unspecified atom stereocenters. The Kier molecular flexibility index (Phi) is 17.8. The number of nitrogens with zero attached hydrogens (tertiary/aromatic N) is 4. The molecule has 1 aromatic heterocycles. The molecule has 15 nitrogen and oxygen atoms in total. The third-order valence-electron chi connectivity index (χ3n) is 17.7. The number of halogens is 4. The molecule has 13 rings (SSSR count). The molecular weight excluding hydrogens is 1150 g/mol. The Hall–Kier alpha value is -8.66. The summed E-state index contributed by atoms with van der Waals surface area (Å²) < 4.78 is 51.0. The van der Waals surface area contributed by atoms with Crippen LogP contribution < -0.4 is 37.3 Å². The maximum Gasteiger partial charge on any atom is 0.289 e. The highest BCUT2D eigenvalue weighted by molar-refractivity contribution is 6.42. The lowest BCUT2D eigenvalue weighted by atomic mass is 9.74. The summed E-state index contributed by atoms with van der Waals surface area (Å²) in [5.41, 5.74) is 24.5. The predicted octanol–water partition coefficient (Wildman–Crippen LogP) is 10.2. The number of hydrazone groups is 1. The summed E-state index contributed by atoms with van der Waals surface area (Å²) in [4.78, 5) is 43.8. The molecule has 0 saturated carbocycles. The van der Waals surface area contributed by atoms with E-state index in [1.54, 1.807) is 54.6 Å². The number of fused-ring (bicyclic) bond motifs is 6. The lowest BCUT2D eigenvalue weighted by Gasteiger charge is -2.38. The SMILES string of the molecule is NCc1cc2c(cc1F)OCC21CCN(C(=O)c2ccc(Cl)c(Cl)c2)CC1.NCc1ccc2c(c1)C1(CCN(C(=O)/C=C/c3ccccc3F)CC1)CO2.NN=C(N)c1ccc2c(c1)C1(CCN(C(=O)c3ccc(C#Cc4ccccc4)o3)CC1)CO2. The van der Waals surface area contributed by atoms with Gasteiger partial charge >= 0.3 is 0 Å².